The molecule has 0 N–H and O–H groups in total. The van der Waals surface area contributed by atoms with Gasteiger partial charge in [0.1, 0.15) is 0 Å². The largest absolute Gasteiger partial charge is 0.147 e. The topological polar surface area (TPSA) is 0 Å². The van der Waals surface area contributed by atoms with Crippen molar-refractivity contribution in [1.82, 2.24) is 0 Å². The number of benzene rings is 4. The van der Waals surface area contributed by atoms with E-state index in [2.05, 4.69) is 155 Å². The van der Waals surface area contributed by atoms with Crippen molar-refractivity contribution >= 4 is 43.8 Å². The first-order valence-electron chi connectivity index (χ1n) is 19.8. The van der Waals surface area contributed by atoms with Crippen molar-refractivity contribution in [1.29, 1.82) is 0 Å². The molecule has 0 heterocycles. The van der Waals surface area contributed by atoms with Gasteiger partial charge in [-0.05, 0) is 0 Å². The first-order valence-corrected chi connectivity index (χ1v) is 33.4. The van der Waals surface area contributed by atoms with Crippen molar-refractivity contribution in [2.24, 2.45) is 5.92 Å². The Morgan fingerprint density at radius 3 is 1.73 bits per heavy atom. The molecule has 7 rings (SSSR count). The van der Waals surface area contributed by atoms with Gasteiger partial charge in [-0.3, -0.25) is 0 Å². The van der Waals surface area contributed by atoms with Gasteiger partial charge in [-0.1, -0.05) is 0 Å². The summed E-state index contributed by atoms with van der Waals surface area (Å²) in [7, 11) is 0. The van der Waals surface area contributed by atoms with Crippen LogP contribution in [-0.2, 0) is 22.8 Å². The van der Waals surface area contributed by atoms with E-state index in [1.54, 1.807) is 22.3 Å². The van der Waals surface area contributed by atoms with E-state index in [9.17, 15) is 0 Å². The smallest absolute Gasteiger partial charge is 0.147 e. The number of halogens is 2. The summed E-state index contributed by atoms with van der Waals surface area (Å²) in [6.07, 6.45) is 14.5. The molecule has 3 atom stereocenters. The molecule has 0 nitrogen and oxygen atoms in total. The van der Waals surface area contributed by atoms with Crippen LogP contribution in [0.5, 0.6) is 0 Å². The maximum absolute atomic E-state index is 3.74. The normalized spacial score (nSPS) is 19.5. The Labute approximate surface area is 330 Å². The second-order valence-corrected chi connectivity index (χ2v) is 48.7. The molecule has 52 heavy (non-hydrogen) atoms. The fourth-order valence-corrected chi connectivity index (χ4v) is 30.0. The van der Waals surface area contributed by atoms with Crippen molar-refractivity contribution in [2.75, 3.05) is 0 Å². The summed E-state index contributed by atoms with van der Waals surface area (Å²) in [5.74, 6) is 1.31. The standard InChI is InChI=1S/C25H29.C21H23.2CH3.2ClH.H2Si.Zr/c1-25(2,3)22-14-12-19(13-15-22)23-11-7-10-20-16-21(17-24(20)23)18-8-5-4-6-9-18;1-4-15(3)17-9-11-18(12-10-17)20-8-6-7-19-13-16(5-2)14-21(19)20;;;;;;/h7,10-18H,4-6,8-9H2,1-3H3;6-15H,4-5H2,1-3H3;2*1H3;2*1H;1H2;. The van der Waals surface area contributed by atoms with Gasteiger partial charge < -0.3 is 0 Å². The van der Waals surface area contributed by atoms with Crippen molar-refractivity contribution < 1.29 is 17.4 Å². The van der Waals surface area contributed by atoms with Crippen molar-refractivity contribution in [3.8, 4) is 22.3 Å². The van der Waals surface area contributed by atoms with Crippen molar-refractivity contribution in [3.05, 3.63) is 129 Å². The maximum Gasteiger partial charge on any atom is -0.147 e. The molecule has 1 fully saturated rings. The summed E-state index contributed by atoms with van der Waals surface area (Å²) >= 11 is -3.74. The number of rotatable bonds is 8. The van der Waals surface area contributed by atoms with E-state index in [4.69, 9.17) is 0 Å². The minimum Gasteiger partial charge on any atom is -0.147 e. The molecule has 0 aromatic heterocycles. The van der Waals surface area contributed by atoms with Gasteiger partial charge in [-0.25, -0.2) is 0 Å². The molecule has 4 heteroatoms. The molecule has 276 valence electrons. The molecule has 4 aromatic rings. The fraction of sp³-hybridized carbons (Fsp3) is 0.417. The summed E-state index contributed by atoms with van der Waals surface area (Å²) < 4.78 is 6.80. The van der Waals surface area contributed by atoms with Crippen LogP contribution in [0.25, 0.3) is 34.4 Å². The number of allylic oxidation sites excluding steroid dienone is 2. The van der Waals surface area contributed by atoms with Gasteiger partial charge in [0.05, 0.1) is 0 Å². The average Bonchev–Trinajstić information content (AvgIpc) is 3.72. The van der Waals surface area contributed by atoms with E-state index >= 15 is 0 Å². The second-order valence-electron chi connectivity index (χ2n) is 18.2. The molecule has 0 amide bonds. The predicted molar refractivity (Wildman–Crippen MR) is 234 cm³/mol. The van der Waals surface area contributed by atoms with Gasteiger partial charge in [0.2, 0.25) is 0 Å². The Hall–Kier alpha value is -1.96. The van der Waals surface area contributed by atoms with Gasteiger partial charge in [0.25, 0.3) is 0 Å². The van der Waals surface area contributed by atoms with Gasteiger partial charge in [0, 0.05) is 0 Å². The molecular weight excluding hydrogens is 767 g/mol. The average molecular weight is 829 g/mol. The van der Waals surface area contributed by atoms with Crippen molar-refractivity contribution in [3.63, 3.8) is 0 Å². The molecule has 3 aliphatic carbocycles. The quantitative estimate of drug-likeness (QED) is 0.155. The van der Waals surface area contributed by atoms with Crippen molar-refractivity contribution in [2.45, 2.75) is 114 Å². The van der Waals surface area contributed by atoms with Crippen LogP contribution in [0.3, 0.4) is 0 Å². The minimum atomic E-state index is -3.74. The molecule has 1 saturated carbocycles. The first-order chi connectivity index (χ1) is 23.8. The minimum absolute atomic E-state index is 0. The zero-order chi connectivity index (χ0) is 35.4. The SMILES string of the molecule is CCC1=Cc2c(-c3ccc(C(C)CC)cc3)cccc2[CH]1[Zr]([CH3])([CH3])(=[SiH2])[CH]1C(C2CCCCC2)=Cc2c(-c3ccc(C(C)(C)C)cc3)cccc21.Cl.Cl. The van der Waals surface area contributed by atoms with E-state index in [1.165, 1.54) is 83.0 Å². The van der Waals surface area contributed by atoms with Crippen LogP contribution in [-0.4, -0.2) is 6.88 Å². The first kappa shape index (κ1) is 41.2. The predicted octanol–water partition coefficient (Wildman–Crippen LogP) is 14.6. The van der Waals surface area contributed by atoms with Crippen LogP contribution < -0.4 is 0 Å². The Bertz CT molecular complexity index is 2030. The van der Waals surface area contributed by atoms with Crippen LogP contribution >= 0.6 is 24.8 Å². The third-order valence-corrected chi connectivity index (χ3v) is 30.5. The fourth-order valence-electron chi connectivity index (χ4n) is 10.2. The molecule has 0 saturated heterocycles. The molecule has 0 bridgehead atoms. The molecule has 3 unspecified atom stereocenters. The van der Waals surface area contributed by atoms with Gasteiger partial charge in [-0.2, -0.15) is 0 Å². The van der Waals surface area contributed by atoms with E-state index in [0.29, 0.717) is 19.1 Å². The molecule has 3 aliphatic rings. The monoisotopic (exact) mass is 826 g/mol. The maximum atomic E-state index is 2.85. The summed E-state index contributed by atoms with van der Waals surface area (Å²) in [6, 6.07) is 33.6. The van der Waals surface area contributed by atoms with Gasteiger partial charge >= 0.3 is 308 Å². The van der Waals surface area contributed by atoms with E-state index in [0.717, 1.165) is 6.42 Å². The molecule has 0 radical (unpaired) electrons. The summed E-state index contributed by atoms with van der Waals surface area (Å²) in [5, 5.41) is 0. The van der Waals surface area contributed by atoms with E-state index in [1.807, 2.05) is 0 Å². The number of hydrogen-bond acceptors (Lipinski definition) is 0. The van der Waals surface area contributed by atoms with Crippen LogP contribution in [0.1, 0.15) is 133 Å². The Balaban J connectivity index is 0.00000261. The van der Waals surface area contributed by atoms with Crippen LogP contribution in [0.2, 0.25) is 9.26 Å². The molecular formula is C48H62Cl2SiZr. The molecule has 4 aromatic carbocycles. The summed E-state index contributed by atoms with van der Waals surface area (Å²) in [6.45, 7) is 16.5. The van der Waals surface area contributed by atoms with Gasteiger partial charge in [-0.15, -0.1) is 24.8 Å². The Kier molecular flexibility index (Phi) is 12.4. The van der Waals surface area contributed by atoms with Gasteiger partial charge in [0.15, 0.2) is 0 Å². The number of fused-ring (bicyclic) bond motifs is 2. The summed E-state index contributed by atoms with van der Waals surface area (Å²) in [5.41, 5.74) is 18.3. The zero-order valence-corrected chi connectivity index (χ0v) is 38.5. The second kappa shape index (κ2) is 15.6. The third kappa shape index (κ3) is 7.38. The third-order valence-electron chi connectivity index (χ3n) is 13.1. The zero-order valence-electron chi connectivity index (χ0n) is 33.0. The summed E-state index contributed by atoms with van der Waals surface area (Å²) in [4.78, 5) is 0. The Morgan fingerprint density at radius 2 is 1.21 bits per heavy atom. The number of hydrogen-bond donors (Lipinski definition) is 0. The van der Waals surface area contributed by atoms with Crippen LogP contribution in [0, 0.1) is 5.92 Å². The van der Waals surface area contributed by atoms with E-state index in [-0.39, 0.29) is 30.2 Å². The van der Waals surface area contributed by atoms with Crippen LogP contribution in [0.4, 0.5) is 0 Å². The van der Waals surface area contributed by atoms with E-state index < -0.39 is 17.4 Å². The van der Waals surface area contributed by atoms with Crippen LogP contribution in [0.15, 0.2) is 96.1 Å². The Morgan fingerprint density at radius 1 is 0.692 bits per heavy atom. The molecule has 0 aliphatic heterocycles. The molecule has 0 spiro atoms.